The highest BCUT2D eigenvalue weighted by Crippen LogP contribution is 2.07. The summed E-state index contributed by atoms with van der Waals surface area (Å²) < 4.78 is 1.18. The molecular formula is C8H11N5O2. The Morgan fingerprint density at radius 3 is 3.13 bits per heavy atom. The van der Waals surface area contributed by atoms with Gasteiger partial charge in [0.05, 0.1) is 6.61 Å². The molecule has 0 aromatic carbocycles. The Kier molecular flexibility index (Phi) is 2.38. The summed E-state index contributed by atoms with van der Waals surface area (Å²) in [5.41, 5.74) is 0.102. The SMILES string of the molecule is CN(CCO)c1ccc2n[nH]c(=O)n2n1. The van der Waals surface area contributed by atoms with Crippen LogP contribution in [0.5, 0.6) is 0 Å². The largest absolute Gasteiger partial charge is 0.395 e. The average molecular weight is 209 g/mol. The number of aliphatic hydroxyl groups is 1. The maximum atomic E-state index is 11.2. The first-order valence-electron chi connectivity index (χ1n) is 4.49. The van der Waals surface area contributed by atoms with Gasteiger partial charge in [-0.25, -0.2) is 9.89 Å². The smallest absolute Gasteiger partial charge is 0.364 e. The van der Waals surface area contributed by atoms with E-state index >= 15 is 0 Å². The third-order valence-corrected chi connectivity index (χ3v) is 2.09. The maximum absolute atomic E-state index is 11.2. The van der Waals surface area contributed by atoms with Crippen LogP contribution in [0.25, 0.3) is 5.65 Å². The molecule has 2 rings (SSSR count). The fourth-order valence-corrected chi connectivity index (χ4v) is 1.26. The van der Waals surface area contributed by atoms with Gasteiger partial charge in [0.15, 0.2) is 5.65 Å². The first kappa shape index (κ1) is 9.66. The summed E-state index contributed by atoms with van der Waals surface area (Å²) in [6, 6.07) is 3.43. The predicted molar refractivity (Wildman–Crippen MR) is 54.0 cm³/mol. The third-order valence-electron chi connectivity index (χ3n) is 2.09. The van der Waals surface area contributed by atoms with E-state index in [2.05, 4.69) is 15.3 Å². The van der Waals surface area contributed by atoms with Crippen LogP contribution >= 0.6 is 0 Å². The second-order valence-corrected chi connectivity index (χ2v) is 3.14. The van der Waals surface area contributed by atoms with Crippen molar-refractivity contribution >= 4 is 11.5 Å². The molecule has 0 saturated carbocycles. The summed E-state index contributed by atoms with van der Waals surface area (Å²) in [4.78, 5) is 13.0. The molecule has 0 saturated heterocycles. The van der Waals surface area contributed by atoms with E-state index in [4.69, 9.17) is 5.11 Å². The molecular weight excluding hydrogens is 198 g/mol. The lowest BCUT2D eigenvalue weighted by molar-refractivity contribution is 0.303. The number of hydrogen-bond donors (Lipinski definition) is 2. The number of anilines is 1. The second kappa shape index (κ2) is 3.70. The van der Waals surface area contributed by atoms with Crippen LogP contribution in [-0.2, 0) is 0 Å². The van der Waals surface area contributed by atoms with Gasteiger partial charge >= 0.3 is 5.69 Å². The van der Waals surface area contributed by atoms with Gasteiger partial charge in [-0.05, 0) is 12.1 Å². The number of H-pyrrole nitrogens is 1. The van der Waals surface area contributed by atoms with Gasteiger partial charge in [-0.2, -0.15) is 9.61 Å². The van der Waals surface area contributed by atoms with Gasteiger partial charge in [-0.1, -0.05) is 0 Å². The van der Waals surface area contributed by atoms with Crippen molar-refractivity contribution in [3.8, 4) is 0 Å². The molecule has 7 heteroatoms. The molecule has 0 radical (unpaired) electrons. The quantitative estimate of drug-likeness (QED) is 0.666. The number of nitrogens with one attached hydrogen (secondary N) is 1. The van der Waals surface area contributed by atoms with Crippen LogP contribution in [0.3, 0.4) is 0 Å². The summed E-state index contributed by atoms with van der Waals surface area (Å²) in [5, 5.41) is 18.9. The molecule has 15 heavy (non-hydrogen) atoms. The van der Waals surface area contributed by atoms with Crippen LogP contribution < -0.4 is 10.6 Å². The number of aliphatic hydroxyl groups excluding tert-OH is 1. The zero-order valence-electron chi connectivity index (χ0n) is 8.21. The number of fused-ring (bicyclic) bond motifs is 1. The van der Waals surface area contributed by atoms with Crippen molar-refractivity contribution in [3.05, 3.63) is 22.6 Å². The topological polar surface area (TPSA) is 86.5 Å². The van der Waals surface area contributed by atoms with Crippen molar-refractivity contribution in [2.75, 3.05) is 25.1 Å². The van der Waals surface area contributed by atoms with Crippen molar-refractivity contribution in [3.63, 3.8) is 0 Å². The molecule has 0 unspecified atom stereocenters. The minimum Gasteiger partial charge on any atom is -0.395 e. The van der Waals surface area contributed by atoms with Crippen molar-refractivity contribution in [1.29, 1.82) is 0 Å². The summed E-state index contributed by atoms with van der Waals surface area (Å²) in [6.07, 6.45) is 0. The zero-order valence-corrected chi connectivity index (χ0v) is 8.21. The van der Waals surface area contributed by atoms with Gasteiger partial charge in [0, 0.05) is 13.6 Å². The minimum absolute atomic E-state index is 0.0382. The number of likely N-dealkylation sites (N-methyl/N-ethyl adjacent to an activating group) is 1. The standard InChI is InChI=1S/C8H11N5O2/c1-12(4-5-14)7-3-2-6-9-10-8(15)13(6)11-7/h2-3,14H,4-5H2,1H3,(H,10,15). The predicted octanol–water partition coefficient (Wildman–Crippen LogP) is -1.15. The Labute approximate surface area is 85.0 Å². The summed E-state index contributed by atoms with van der Waals surface area (Å²) in [5.74, 6) is 0.611. The van der Waals surface area contributed by atoms with Crippen LogP contribution in [0.1, 0.15) is 0 Å². The van der Waals surface area contributed by atoms with Crippen LogP contribution in [0, 0.1) is 0 Å². The molecule has 2 heterocycles. The molecule has 0 aliphatic carbocycles. The number of aromatic amines is 1. The lowest BCUT2D eigenvalue weighted by Crippen LogP contribution is -2.24. The fourth-order valence-electron chi connectivity index (χ4n) is 1.26. The first-order valence-corrected chi connectivity index (χ1v) is 4.49. The number of hydrogen-bond acceptors (Lipinski definition) is 5. The van der Waals surface area contributed by atoms with E-state index in [0.29, 0.717) is 18.0 Å². The molecule has 2 aromatic heterocycles. The Balaban J connectivity index is 2.45. The molecule has 0 amide bonds. The van der Waals surface area contributed by atoms with Crippen molar-refractivity contribution in [1.82, 2.24) is 19.8 Å². The Morgan fingerprint density at radius 2 is 2.40 bits per heavy atom. The lowest BCUT2D eigenvalue weighted by atomic mass is 10.4. The molecule has 80 valence electrons. The van der Waals surface area contributed by atoms with E-state index in [1.165, 1.54) is 4.52 Å². The van der Waals surface area contributed by atoms with E-state index in [1.54, 1.807) is 24.1 Å². The summed E-state index contributed by atoms with van der Waals surface area (Å²) in [6.45, 7) is 0.502. The second-order valence-electron chi connectivity index (χ2n) is 3.14. The molecule has 0 aliphatic heterocycles. The average Bonchev–Trinajstić information content (AvgIpc) is 2.60. The molecule has 0 aliphatic rings. The van der Waals surface area contributed by atoms with Gasteiger partial charge in [0.25, 0.3) is 0 Å². The van der Waals surface area contributed by atoms with Gasteiger partial charge in [-0.3, -0.25) is 0 Å². The number of nitrogens with zero attached hydrogens (tertiary/aromatic N) is 4. The van der Waals surface area contributed by atoms with Gasteiger partial charge in [0.1, 0.15) is 5.82 Å². The number of aromatic nitrogens is 4. The van der Waals surface area contributed by atoms with Crippen LogP contribution in [0.4, 0.5) is 5.82 Å². The first-order chi connectivity index (χ1) is 7.22. The highest BCUT2D eigenvalue weighted by molar-refractivity contribution is 5.44. The van der Waals surface area contributed by atoms with Gasteiger partial charge in [0.2, 0.25) is 0 Å². The normalized spacial score (nSPS) is 10.8. The van der Waals surface area contributed by atoms with E-state index in [1.807, 2.05) is 0 Å². The molecule has 0 atom stereocenters. The molecule has 2 N–H and O–H groups in total. The van der Waals surface area contributed by atoms with Crippen LogP contribution in [0.2, 0.25) is 0 Å². The van der Waals surface area contributed by atoms with Crippen molar-refractivity contribution in [2.45, 2.75) is 0 Å². The van der Waals surface area contributed by atoms with Crippen molar-refractivity contribution in [2.24, 2.45) is 0 Å². The molecule has 0 spiro atoms. The lowest BCUT2D eigenvalue weighted by Gasteiger charge is -2.15. The minimum atomic E-state index is -0.371. The highest BCUT2D eigenvalue weighted by atomic mass is 16.3. The third kappa shape index (κ3) is 1.68. The fraction of sp³-hybridized carbons (Fsp3) is 0.375. The van der Waals surface area contributed by atoms with E-state index < -0.39 is 0 Å². The van der Waals surface area contributed by atoms with E-state index in [9.17, 15) is 4.79 Å². The molecule has 2 aromatic rings. The highest BCUT2D eigenvalue weighted by Gasteiger charge is 2.05. The van der Waals surface area contributed by atoms with Crippen LogP contribution in [0.15, 0.2) is 16.9 Å². The molecule has 0 bridgehead atoms. The van der Waals surface area contributed by atoms with Gasteiger partial charge in [-0.15, -0.1) is 5.10 Å². The zero-order chi connectivity index (χ0) is 10.8. The van der Waals surface area contributed by atoms with Gasteiger partial charge < -0.3 is 10.0 Å². The Hall–Kier alpha value is -1.89. The molecule has 0 fully saturated rings. The van der Waals surface area contributed by atoms with E-state index in [0.717, 1.165) is 0 Å². The monoisotopic (exact) mass is 209 g/mol. The van der Waals surface area contributed by atoms with Crippen LogP contribution in [-0.4, -0.2) is 45.1 Å². The summed E-state index contributed by atoms with van der Waals surface area (Å²) >= 11 is 0. The summed E-state index contributed by atoms with van der Waals surface area (Å²) in [7, 11) is 1.79. The maximum Gasteiger partial charge on any atom is 0.364 e. The van der Waals surface area contributed by atoms with Crippen molar-refractivity contribution < 1.29 is 5.11 Å². The Bertz CT molecular complexity index is 517. The molecule has 7 nitrogen and oxygen atoms in total. The Morgan fingerprint density at radius 1 is 1.60 bits per heavy atom. The number of rotatable bonds is 3. The van der Waals surface area contributed by atoms with E-state index in [-0.39, 0.29) is 12.3 Å².